The monoisotopic (exact) mass is 233 g/mol. The Hall–Kier alpha value is 0.250. The molecular formula is C13H28ClN. The summed E-state index contributed by atoms with van der Waals surface area (Å²) in [5, 5.41) is 3.55. The van der Waals surface area contributed by atoms with E-state index in [1.807, 2.05) is 0 Å². The van der Waals surface area contributed by atoms with Gasteiger partial charge in [0.15, 0.2) is 0 Å². The second-order valence-electron chi connectivity index (χ2n) is 5.83. The fourth-order valence-corrected chi connectivity index (χ4v) is 2.03. The lowest BCUT2D eigenvalue weighted by Crippen LogP contribution is -2.36. The third-order valence-electron chi connectivity index (χ3n) is 3.34. The van der Waals surface area contributed by atoms with Crippen LogP contribution in [0.2, 0.25) is 0 Å². The first-order valence-corrected chi connectivity index (χ1v) is 6.69. The molecule has 15 heavy (non-hydrogen) atoms. The molecule has 0 saturated carbocycles. The van der Waals surface area contributed by atoms with Crippen molar-refractivity contribution >= 4 is 11.6 Å². The number of halogens is 1. The molecule has 0 radical (unpaired) electrons. The Morgan fingerprint density at radius 2 is 1.60 bits per heavy atom. The molecule has 92 valence electrons. The number of hydrogen-bond donors (Lipinski definition) is 1. The summed E-state index contributed by atoms with van der Waals surface area (Å²) in [6.45, 7) is 13.5. The van der Waals surface area contributed by atoms with Gasteiger partial charge in [-0.3, -0.25) is 0 Å². The van der Waals surface area contributed by atoms with Crippen LogP contribution in [-0.4, -0.2) is 19.0 Å². The van der Waals surface area contributed by atoms with Crippen molar-refractivity contribution < 1.29 is 0 Å². The van der Waals surface area contributed by atoms with Crippen LogP contribution in [0.25, 0.3) is 0 Å². The molecule has 0 unspecified atom stereocenters. The highest BCUT2D eigenvalue weighted by Crippen LogP contribution is 2.27. The lowest BCUT2D eigenvalue weighted by molar-refractivity contribution is 0.275. The van der Waals surface area contributed by atoms with Gasteiger partial charge in [-0.05, 0) is 36.6 Å². The second-order valence-corrected chi connectivity index (χ2v) is 6.10. The van der Waals surface area contributed by atoms with E-state index in [0.29, 0.717) is 10.8 Å². The van der Waals surface area contributed by atoms with Gasteiger partial charge in [0.1, 0.15) is 0 Å². The highest BCUT2D eigenvalue weighted by Gasteiger charge is 2.24. The molecule has 0 aliphatic rings. The highest BCUT2D eigenvalue weighted by atomic mass is 35.5. The van der Waals surface area contributed by atoms with Gasteiger partial charge in [-0.2, -0.15) is 0 Å². The summed E-state index contributed by atoms with van der Waals surface area (Å²) in [6, 6.07) is 0. The summed E-state index contributed by atoms with van der Waals surface area (Å²) in [6.07, 6.45) is 3.55. The molecule has 0 saturated heterocycles. The molecule has 2 heteroatoms. The average molecular weight is 234 g/mol. The molecule has 0 rings (SSSR count). The van der Waals surface area contributed by atoms with Gasteiger partial charge in [0.2, 0.25) is 0 Å². The van der Waals surface area contributed by atoms with E-state index in [4.69, 9.17) is 11.6 Å². The zero-order valence-electron chi connectivity index (χ0n) is 11.1. The van der Waals surface area contributed by atoms with Crippen LogP contribution in [0.3, 0.4) is 0 Å². The number of nitrogens with one attached hydrogen (secondary N) is 1. The molecule has 0 aromatic carbocycles. The lowest BCUT2D eigenvalue weighted by atomic mass is 9.84. The highest BCUT2D eigenvalue weighted by molar-refractivity contribution is 6.18. The van der Waals surface area contributed by atoms with Gasteiger partial charge in [-0.25, -0.2) is 0 Å². The second kappa shape index (κ2) is 6.75. The molecule has 1 nitrogen and oxygen atoms in total. The maximum atomic E-state index is 6.05. The van der Waals surface area contributed by atoms with Crippen LogP contribution < -0.4 is 5.32 Å². The summed E-state index contributed by atoms with van der Waals surface area (Å²) >= 11 is 6.05. The largest absolute Gasteiger partial charge is 0.316 e. The molecule has 0 aliphatic heterocycles. The first kappa shape index (κ1) is 15.2. The Morgan fingerprint density at radius 3 is 1.93 bits per heavy atom. The maximum Gasteiger partial charge on any atom is 0.0291 e. The van der Waals surface area contributed by atoms with E-state index in [-0.39, 0.29) is 0 Å². The van der Waals surface area contributed by atoms with E-state index in [1.165, 1.54) is 6.42 Å². The standard InChI is InChI=1S/C13H28ClN/c1-6-13(7-2,10-14)11-15-9-8-12(3,4)5/h15H,6-11H2,1-5H3. The quantitative estimate of drug-likeness (QED) is 0.517. The van der Waals surface area contributed by atoms with Crippen molar-refractivity contribution in [2.45, 2.75) is 53.9 Å². The number of hydrogen-bond acceptors (Lipinski definition) is 1. The Labute approximate surface area is 101 Å². The molecule has 1 N–H and O–H groups in total. The zero-order chi connectivity index (χ0) is 11.9. The van der Waals surface area contributed by atoms with Crippen molar-refractivity contribution in [2.75, 3.05) is 19.0 Å². The van der Waals surface area contributed by atoms with E-state index in [0.717, 1.165) is 31.8 Å². The predicted molar refractivity (Wildman–Crippen MR) is 70.7 cm³/mol. The Morgan fingerprint density at radius 1 is 1.07 bits per heavy atom. The van der Waals surface area contributed by atoms with E-state index in [1.54, 1.807) is 0 Å². The van der Waals surface area contributed by atoms with Crippen LogP contribution in [0.1, 0.15) is 53.9 Å². The maximum absolute atomic E-state index is 6.05. The van der Waals surface area contributed by atoms with Crippen molar-refractivity contribution in [1.82, 2.24) is 5.32 Å². The van der Waals surface area contributed by atoms with Crippen LogP contribution in [0.15, 0.2) is 0 Å². The topological polar surface area (TPSA) is 12.0 Å². The minimum Gasteiger partial charge on any atom is -0.316 e. The third-order valence-corrected chi connectivity index (χ3v) is 3.90. The molecule has 0 fully saturated rings. The third kappa shape index (κ3) is 6.42. The van der Waals surface area contributed by atoms with Crippen molar-refractivity contribution in [3.63, 3.8) is 0 Å². The van der Waals surface area contributed by atoms with E-state index in [9.17, 15) is 0 Å². The van der Waals surface area contributed by atoms with Crippen LogP contribution >= 0.6 is 11.6 Å². The molecule has 0 amide bonds. The van der Waals surface area contributed by atoms with Crippen molar-refractivity contribution in [1.29, 1.82) is 0 Å². The Balaban J connectivity index is 3.82. The Kier molecular flexibility index (Phi) is 6.86. The smallest absolute Gasteiger partial charge is 0.0291 e. The number of alkyl halides is 1. The van der Waals surface area contributed by atoms with Gasteiger partial charge in [0.05, 0.1) is 0 Å². The number of rotatable bonds is 7. The van der Waals surface area contributed by atoms with E-state index >= 15 is 0 Å². The molecule has 0 spiro atoms. The molecule has 0 heterocycles. The van der Waals surface area contributed by atoms with Crippen molar-refractivity contribution in [2.24, 2.45) is 10.8 Å². The van der Waals surface area contributed by atoms with Gasteiger partial charge in [-0.1, -0.05) is 34.6 Å². The molecular weight excluding hydrogens is 206 g/mol. The summed E-state index contributed by atoms with van der Waals surface area (Å²) in [4.78, 5) is 0. The van der Waals surface area contributed by atoms with Gasteiger partial charge >= 0.3 is 0 Å². The molecule has 0 aromatic heterocycles. The minimum atomic E-state index is 0.305. The lowest BCUT2D eigenvalue weighted by Gasteiger charge is -2.30. The molecule has 0 atom stereocenters. The van der Waals surface area contributed by atoms with Crippen LogP contribution in [-0.2, 0) is 0 Å². The van der Waals surface area contributed by atoms with Crippen LogP contribution in [0.4, 0.5) is 0 Å². The summed E-state index contributed by atoms with van der Waals surface area (Å²) < 4.78 is 0. The first-order chi connectivity index (χ1) is 6.89. The van der Waals surface area contributed by atoms with Gasteiger partial charge in [-0.15, -0.1) is 11.6 Å². The normalized spacial score (nSPS) is 13.2. The van der Waals surface area contributed by atoms with Gasteiger partial charge in [0, 0.05) is 12.4 Å². The van der Waals surface area contributed by atoms with Crippen molar-refractivity contribution in [3.8, 4) is 0 Å². The summed E-state index contributed by atoms with van der Waals surface area (Å²) in [7, 11) is 0. The fraction of sp³-hybridized carbons (Fsp3) is 1.00. The first-order valence-electron chi connectivity index (χ1n) is 6.16. The summed E-state index contributed by atoms with van der Waals surface area (Å²) in [5.74, 6) is 0.766. The fourth-order valence-electron chi connectivity index (χ4n) is 1.55. The van der Waals surface area contributed by atoms with Crippen LogP contribution in [0, 0.1) is 10.8 Å². The zero-order valence-corrected chi connectivity index (χ0v) is 11.9. The Bertz CT molecular complexity index is 148. The van der Waals surface area contributed by atoms with Gasteiger partial charge < -0.3 is 5.32 Å². The van der Waals surface area contributed by atoms with E-state index < -0.39 is 0 Å². The molecule has 0 aromatic rings. The van der Waals surface area contributed by atoms with Crippen molar-refractivity contribution in [3.05, 3.63) is 0 Å². The summed E-state index contributed by atoms with van der Waals surface area (Å²) in [5.41, 5.74) is 0.731. The van der Waals surface area contributed by atoms with Crippen LogP contribution in [0.5, 0.6) is 0 Å². The molecule has 0 bridgehead atoms. The minimum absolute atomic E-state index is 0.305. The average Bonchev–Trinajstić information content (AvgIpc) is 2.18. The predicted octanol–water partition coefficient (Wildman–Crippen LogP) is 4.06. The van der Waals surface area contributed by atoms with E-state index in [2.05, 4.69) is 39.9 Å². The SMILES string of the molecule is CCC(CC)(CCl)CNCCC(C)(C)C. The molecule has 0 aliphatic carbocycles. The van der Waals surface area contributed by atoms with Gasteiger partial charge in [0.25, 0.3) is 0 Å².